The van der Waals surface area contributed by atoms with Gasteiger partial charge >= 0.3 is 5.97 Å². The van der Waals surface area contributed by atoms with Gasteiger partial charge in [0, 0.05) is 11.9 Å². The highest BCUT2D eigenvalue weighted by atomic mass is 35.5. The number of nitrogens with one attached hydrogen (secondary N) is 1. The van der Waals surface area contributed by atoms with Crippen LogP contribution in [0.3, 0.4) is 0 Å². The van der Waals surface area contributed by atoms with Crippen LogP contribution in [0.15, 0.2) is 36.5 Å². The van der Waals surface area contributed by atoms with E-state index in [1.807, 2.05) is 6.92 Å². The number of hydrogen-bond donors (Lipinski definition) is 2. The van der Waals surface area contributed by atoms with Crippen molar-refractivity contribution in [2.45, 2.75) is 13.3 Å². The van der Waals surface area contributed by atoms with Crippen LogP contribution in [0.5, 0.6) is 0 Å². The molecular formula is C15H16ClN3O2. The Balaban J connectivity index is 2.07. The average molecular weight is 306 g/mol. The maximum absolute atomic E-state index is 11.7. The van der Waals surface area contributed by atoms with Gasteiger partial charge in [0.2, 0.25) is 0 Å². The zero-order chi connectivity index (χ0) is 15.2. The molecule has 0 amide bonds. The van der Waals surface area contributed by atoms with Crippen LogP contribution in [0.25, 0.3) is 0 Å². The van der Waals surface area contributed by atoms with Crippen LogP contribution in [-0.4, -0.2) is 17.6 Å². The number of rotatable bonds is 5. The van der Waals surface area contributed by atoms with Crippen LogP contribution in [-0.2, 0) is 4.74 Å². The van der Waals surface area contributed by atoms with Gasteiger partial charge in [0.15, 0.2) is 5.82 Å². The van der Waals surface area contributed by atoms with E-state index in [1.165, 1.54) is 6.20 Å². The Hall–Kier alpha value is -2.27. The zero-order valence-corrected chi connectivity index (χ0v) is 12.4. The van der Waals surface area contributed by atoms with Crippen LogP contribution in [0.4, 0.5) is 17.2 Å². The predicted molar refractivity (Wildman–Crippen MR) is 84.0 cm³/mol. The van der Waals surface area contributed by atoms with Crippen LogP contribution in [0, 0.1) is 0 Å². The van der Waals surface area contributed by atoms with Crippen LogP contribution in [0.1, 0.15) is 23.7 Å². The van der Waals surface area contributed by atoms with E-state index in [4.69, 9.17) is 22.1 Å². The Morgan fingerprint density at radius 2 is 2.10 bits per heavy atom. The first-order valence-corrected chi connectivity index (χ1v) is 6.93. The van der Waals surface area contributed by atoms with Crippen LogP contribution in [0.2, 0.25) is 5.02 Å². The van der Waals surface area contributed by atoms with Crippen molar-refractivity contribution in [2.24, 2.45) is 0 Å². The summed E-state index contributed by atoms with van der Waals surface area (Å²) in [7, 11) is 0. The van der Waals surface area contributed by atoms with E-state index in [0.717, 1.165) is 12.1 Å². The molecule has 0 bridgehead atoms. The van der Waals surface area contributed by atoms with Crippen molar-refractivity contribution >= 4 is 34.8 Å². The minimum absolute atomic E-state index is 0.326. The number of hydrogen-bond acceptors (Lipinski definition) is 5. The first kappa shape index (κ1) is 15.1. The second-order valence-electron chi connectivity index (χ2n) is 4.43. The Labute approximate surface area is 128 Å². The summed E-state index contributed by atoms with van der Waals surface area (Å²) in [5.74, 6) is 0.188. The molecular weight excluding hydrogens is 290 g/mol. The largest absolute Gasteiger partial charge is 0.462 e. The summed E-state index contributed by atoms with van der Waals surface area (Å²) in [6.45, 7) is 2.37. The van der Waals surface area contributed by atoms with Gasteiger partial charge in [-0.05, 0) is 36.8 Å². The lowest BCUT2D eigenvalue weighted by Crippen LogP contribution is -2.06. The lowest BCUT2D eigenvalue weighted by Gasteiger charge is -2.09. The summed E-state index contributed by atoms with van der Waals surface area (Å²) >= 11 is 5.80. The number of anilines is 3. The minimum Gasteiger partial charge on any atom is -0.462 e. The summed E-state index contributed by atoms with van der Waals surface area (Å²) in [6.07, 6.45) is 2.31. The topological polar surface area (TPSA) is 77.2 Å². The number of pyridine rings is 1. The molecule has 6 heteroatoms. The number of nitrogens with zero attached hydrogens (tertiary/aromatic N) is 1. The van der Waals surface area contributed by atoms with Gasteiger partial charge in [0.25, 0.3) is 0 Å². The van der Waals surface area contributed by atoms with E-state index < -0.39 is 0 Å². The van der Waals surface area contributed by atoms with Crippen molar-refractivity contribution in [3.8, 4) is 0 Å². The van der Waals surface area contributed by atoms with Gasteiger partial charge in [-0.1, -0.05) is 18.5 Å². The van der Waals surface area contributed by atoms with E-state index in [0.29, 0.717) is 28.7 Å². The summed E-state index contributed by atoms with van der Waals surface area (Å²) in [5, 5.41) is 3.54. The van der Waals surface area contributed by atoms with Gasteiger partial charge in [-0.25, -0.2) is 9.78 Å². The number of carbonyl (C=O) groups excluding carboxylic acids is 1. The van der Waals surface area contributed by atoms with Crippen molar-refractivity contribution in [3.05, 3.63) is 47.1 Å². The van der Waals surface area contributed by atoms with E-state index in [1.54, 1.807) is 30.3 Å². The van der Waals surface area contributed by atoms with Crippen molar-refractivity contribution in [3.63, 3.8) is 0 Å². The lowest BCUT2D eigenvalue weighted by molar-refractivity contribution is 0.0505. The van der Waals surface area contributed by atoms with Crippen LogP contribution < -0.4 is 11.1 Å². The third-order valence-corrected chi connectivity index (χ3v) is 2.91. The summed E-state index contributed by atoms with van der Waals surface area (Å²) in [5.41, 5.74) is 7.54. The fraction of sp³-hybridized carbons (Fsp3) is 0.200. The highest BCUT2D eigenvalue weighted by Crippen LogP contribution is 2.23. The normalized spacial score (nSPS) is 10.2. The minimum atomic E-state index is -0.326. The summed E-state index contributed by atoms with van der Waals surface area (Å²) in [4.78, 5) is 15.8. The Kier molecular flexibility index (Phi) is 5.00. The number of nitrogens with two attached hydrogens (primary N) is 1. The fourth-order valence-electron chi connectivity index (χ4n) is 1.66. The molecule has 0 atom stereocenters. The van der Waals surface area contributed by atoms with Gasteiger partial charge in [-0.3, -0.25) is 0 Å². The maximum Gasteiger partial charge on any atom is 0.338 e. The molecule has 1 aromatic carbocycles. The molecule has 0 radical (unpaired) electrons. The number of esters is 1. The molecule has 2 rings (SSSR count). The molecule has 21 heavy (non-hydrogen) atoms. The Morgan fingerprint density at radius 3 is 2.71 bits per heavy atom. The maximum atomic E-state index is 11.7. The molecule has 2 aromatic rings. The fourth-order valence-corrected chi connectivity index (χ4v) is 1.83. The van der Waals surface area contributed by atoms with Gasteiger partial charge < -0.3 is 15.8 Å². The predicted octanol–water partition coefficient (Wildman–Crippen LogP) is 3.63. The smallest absolute Gasteiger partial charge is 0.338 e. The average Bonchev–Trinajstić information content (AvgIpc) is 2.48. The van der Waals surface area contributed by atoms with Crippen LogP contribution >= 0.6 is 11.6 Å². The van der Waals surface area contributed by atoms with E-state index >= 15 is 0 Å². The van der Waals surface area contributed by atoms with Crippen molar-refractivity contribution in [2.75, 3.05) is 17.7 Å². The van der Waals surface area contributed by atoms with E-state index in [2.05, 4.69) is 10.3 Å². The number of carbonyl (C=O) groups is 1. The Bertz CT molecular complexity index is 629. The van der Waals surface area contributed by atoms with Crippen molar-refractivity contribution in [1.82, 2.24) is 4.98 Å². The molecule has 110 valence electrons. The highest BCUT2D eigenvalue weighted by molar-refractivity contribution is 6.30. The SMILES string of the molecule is CCCOC(=O)c1ccc(Nc2ncc(Cl)cc2N)cc1. The number of halogens is 1. The van der Waals surface area contributed by atoms with Gasteiger partial charge in [0.1, 0.15) is 0 Å². The van der Waals surface area contributed by atoms with Gasteiger partial charge in [-0.2, -0.15) is 0 Å². The lowest BCUT2D eigenvalue weighted by atomic mass is 10.2. The third-order valence-electron chi connectivity index (χ3n) is 2.70. The summed E-state index contributed by atoms with van der Waals surface area (Å²) in [6, 6.07) is 8.52. The molecule has 0 spiro atoms. The molecule has 1 heterocycles. The first-order valence-electron chi connectivity index (χ1n) is 6.55. The van der Waals surface area contributed by atoms with Crippen molar-refractivity contribution < 1.29 is 9.53 Å². The molecule has 0 aliphatic rings. The standard InChI is InChI=1S/C15H16ClN3O2/c1-2-7-21-15(20)10-3-5-12(6-4-10)19-14-13(17)8-11(16)9-18-14/h3-6,8-9H,2,7,17H2,1H3,(H,18,19). The molecule has 3 N–H and O–H groups in total. The molecule has 0 saturated heterocycles. The second-order valence-corrected chi connectivity index (χ2v) is 4.87. The number of nitrogen functional groups attached to an aromatic ring is 1. The molecule has 0 aliphatic heterocycles. The molecule has 0 fully saturated rings. The van der Waals surface area contributed by atoms with Gasteiger partial charge in [-0.15, -0.1) is 0 Å². The number of benzene rings is 1. The first-order chi connectivity index (χ1) is 10.1. The van der Waals surface area contributed by atoms with Gasteiger partial charge in [0.05, 0.1) is 22.9 Å². The molecule has 0 saturated carbocycles. The number of ether oxygens (including phenoxy) is 1. The Morgan fingerprint density at radius 1 is 1.38 bits per heavy atom. The quantitative estimate of drug-likeness (QED) is 0.825. The monoisotopic (exact) mass is 305 g/mol. The third kappa shape index (κ3) is 4.10. The van der Waals surface area contributed by atoms with Crippen molar-refractivity contribution in [1.29, 1.82) is 0 Å². The molecule has 0 unspecified atom stereocenters. The summed E-state index contributed by atoms with van der Waals surface area (Å²) < 4.78 is 5.06. The molecule has 5 nitrogen and oxygen atoms in total. The molecule has 0 aliphatic carbocycles. The molecule has 1 aromatic heterocycles. The number of aromatic nitrogens is 1. The highest BCUT2D eigenvalue weighted by Gasteiger charge is 2.07. The van der Waals surface area contributed by atoms with E-state index in [9.17, 15) is 4.79 Å². The second kappa shape index (κ2) is 6.95. The zero-order valence-electron chi connectivity index (χ0n) is 11.6. The van der Waals surface area contributed by atoms with E-state index in [-0.39, 0.29) is 5.97 Å².